The summed E-state index contributed by atoms with van der Waals surface area (Å²) in [7, 11) is 0. The summed E-state index contributed by atoms with van der Waals surface area (Å²) >= 11 is 2.98. The predicted molar refractivity (Wildman–Crippen MR) is 46.1 cm³/mol. The van der Waals surface area contributed by atoms with Crippen LogP contribution >= 0.6 is 15.9 Å². The number of rotatable bonds is 2. The van der Waals surface area contributed by atoms with Crippen molar-refractivity contribution in [2.45, 2.75) is 6.10 Å². The SMILES string of the molecule is OCC(O)c1ccc(Br)c(F)c1. The molecule has 0 saturated heterocycles. The number of benzene rings is 1. The molecule has 0 aromatic heterocycles. The molecular weight excluding hydrogens is 227 g/mol. The van der Waals surface area contributed by atoms with Gasteiger partial charge in [0.2, 0.25) is 0 Å². The van der Waals surface area contributed by atoms with Gasteiger partial charge in [-0.25, -0.2) is 4.39 Å². The highest BCUT2D eigenvalue weighted by Gasteiger charge is 2.07. The molecular formula is C8H8BrFO2. The van der Waals surface area contributed by atoms with Crippen molar-refractivity contribution in [1.82, 2.24) is 0 Å². The van der Waals surface area contributed by atoms with Crippen LogP contribution in [0.5, 0.6) is 0 Å². The maximum Gasteiger partial charge on any atom is 0.137 e. The largest absolute Gasteiger partial charge is 0.393 e. The van der Waals surface area contributed by atoms with Crippen LogP contribution < -0.4 is 0 Å². The van der Waals surface area contributed by atoms with Gasteiger partial charge in [-0.15, -0.1) is 0 Å². The van der Waals surface area contributed by atoms with E-state index in [2.05, 4.69) is 15.9 Å². The molecule has 0 heterocycles. The monoisotopic (exact) mass is 234 g/mol. The van der Waals surface area contributed by atoms with Crippen LogP contribution in [0.2, 0.25) is 0 Å². The standard InChI is InChI=1S/C8H8BrFO2/c9-6-2-1-5(3-7(6)10)8(12)4-11/h1-3,8,11-12H,4H2. The molecule has 0 bridgehead atoms. The van der Waals surface area contributed by atoms with E-state index in [-0.39, 0.29) is 0 Å². The molecule has 0 fully saturated rings. The van der Waals surface area contributed by atoms with Crippen LogP contribution in [0, 0.1) is 5.82 Å². The smallest absolute Gasteiger partial charge is 0.137 e. The Balaban J connectivity index is 2.96. The van der Waals surface area contributed by atoms with Crippen LogP contribution in [0.15, 0.2) is 22.7 Å². The number of hydrogen-bond acceptors (Lipinski definition) is 2. The van der Waals surface area contributed by atoms with Crippen molar-refractivity contribution in [3.63, 3.8) is 0 Å². The van der Waals surface area contributed by atoms with Gasteiger partial charge in [-0.05, 0) is 33.6 Å². The molecule has 2 nitrogen and oxygen atoms in total. The second kappa shape index (κ2) is 3.98. The van der Waals surface area contributed by atoms with Gasteiger partial charge in [0.25, 0.3) is 0 Å². The van der Waals surface area contributed by atoms with Gasteiger partial charge in [0.05, 0.1) is 11.1 Å². The van der Waals surface area contributed by atoms with Gasteiger partial charge in [0.1, 0.15) is 11.9 Å². The van der Waals surface area contributed by atoms with Crippen LogP contribution in [-0.4, -0.2) is 16.8 Å². The van der Waals surface area contributed by atoms with Crippen LogP contribution in [0.4, 0.5) is 4.39 Å². The van der Waals surface area contributed by atoms with Crippen molar-refractivity contribution in [1.29, 1.82) is 0 Å². The maximum absolute atomic E-state index is 12.8. The van der Waals surface area contributed by atoms with Gasteiger partial charge in [0.15, 0.2) is 0 Å². The molecule has 12 heavy (non-hydrogen) atoms. The first-order chi connectivity index (χ1) is 5.65. The molecule has 0 aliphatic rings. The van der Waals surface area contributed by atoms with Crippen LogP contribution in [-0.2, 0) is 0 Å². The lowest BCUT2D eigenvalue weighted by molar-refractivity contribution is 0.0953. The van der Waals surface area contributed by atoms with E-state index in [1.54, 1.807) is 6.07 Å². The Bertz CT molecular complexity index is 278. The molecule has 0 saturated carbocycles. The Morgan fingerprint density at radius 2 is 2.17 bits per heavy atom. The molecule has 1 rings (SSSR count). The fraction of sp³-hybridized carbons (Fsp3) is 0.250. The van der Waals surface area contributed by atoms with E-state index in [4.69, 9.17) is 10.2 Å². The van der Waals surface area contributed by atoms with Crippen molar-refractivity contribution in [2.75, 3.05) is 6.61 Å². The van der Waals surface area contributed by atoms with Gasteiger partial charge >= 0.3 is 0 Å². The minimum atomic E-state index is -1.01. The van der Waals surface area contributed by atoms with E-state index in [1.165, 1.54) is 12.1 Å². The zero-order valence-electron chi connectivity index (χ0n) is 6.17. The third-order valence-corrected chi connectivity index (χ3v) is 2.14. The average molecular weight is 235 g/mol. The summed E-state index contributed by atoms with van der Waals surface area (Å²) in [5.74, 6) is -0.444. The zero-order chi connectivity index (χ0) is 9.14. The van der Waals surface area contributed by atoms with Gasteiger partial charge in [-0.3, -0.25) is 0 Å². The third-order valence-electron chi connectivity index (χ3n) is 1.50. The lowest BCUT2D eigenvalue weighted by Gasteiger charge is -2.07. The van der Waals surface area contributed by atoms with Crippen LogP contribution in [0.3, 0.4) is 0 Å². The molecule has 1 aromatic carbocycles. The van der Waals surface area contributed by atoms with Crippen molar-refractivity contribution in [3.8, 4) is 0 Å². The van der Waals surface area contributed by atoms with E-state index < -0.39 is 18.5 Å². The summed E-state index contributed by atoms with van der Waals surface area (Å²) in [5, 5.41) is 17.7. The van der Waals surface area contributed by atoms with Crippen molar-refractivity contribution in [2.24, 2.45) is 0 Å². The highest BCUT2D eigenvalue weighted by Crippen LogP contribution is 2.20. The quantitative estimate of drug-likeness (QED) is 0.817. The Labute approximate surface area is 77.8 Å². The summed E-state index contributed by atoms with van der Waals surface area (Å²) < 4.78 is 13.2. The Morgan fingerprint density at radius 1 is 1.50 bits per heavy atom. The van der Waals surface area contributed by atoms with Crippen LogP contribution in [0.25, 0.3) is 0 Å². The van der Waals surface area contributed by atoms with Gasteiger partial charge in [-0.2, -0.15) is 0 Å². The topological polar surface area (TPSA) is 40.5 Å². The minimum Gasteiger partial charge on any atom is -0.393 e. The molecule has 0 amide bonds. The molecule has 2 N–H and O–H groups in total. The molecule has 0 spiro atoms. The average Bonchev–Trinajstić information content (AvgIpc) is 2.08. The summed E-state index contributed by atoms with van der Waals surface area (Å²) in [6, 6.07) is 4.22. The molecule has 1 aromatic rings. The summed E-state index contributed by atoms with van der Waals surface area (Å²) in [5.41, 5.74) is 0.373. The van der Waals surface area contributed by atoms with E-state index in [1.807, 2.05) is 0 Å². The van der Waals surface area contributed by atoms with Crippen LogP contribution in [0.1, 0.15) is 11.7 Å². The molecule has 0 aliphatic heterocycles. The van der Waals surface area contributed by atoms with Gasteiger partial charge in [-0.1, -0.05) is 6.07 Å². The van der Waals surface area contributed by atoms with E-state index in [0.717, 1.165) is 0 Å². The van der Waals surface area contributed by atoms with Crippen molar-refractivity contribution < 1.29 is 14.6 Å². The number of aliphatic hydroxyl groups excluding tert-OH is 2. The predicted octanol–water partition coefficient (Wildman–Crippen LogP) is 1.61. The van der Waals surface area contributed by atoms with Crippen molar-refractivity contribution in [3.05, 3.63) is 34.1 Å². The number of halogens is 2. The molecule has 4 heteroatoms. The molecule has 0 radical (unpaired) electrons. The zero-order valence-corrected chi connectivity index (χ0v) is 7.75. The highest BCUT2D eigenvalue weighted by atomic mass is 79.9. The fourth-order valence-electron chi connectivity index (χ4n) is 0.825. The lowest BCUT2D eigenvalue weighted by Crippen LogP contribution is -2.02. The Morgan fingerprint density at radius 3 is 2.67 bits per heavy atom. The maximum atomic E-state index is 12.8. The van der Waals surface area contributed by atoms with E-state index in [9.17, 15) is 4.39 Å². The van der Waals surface area contributed by atoms with E-state index in [0.29, 0.717) is 10.0 Å². The first-order valence-corrected chi connectivity index (χ1v) is 4.18. The van der Waals surface area contributed by atoms with Crippen molar-refractivity contribution >= 4 is 15.9 Å². The Hall–Kier alpha value is -0.450. The Kier molecular flexibility index (Phi) is 3.20. The third kappa shape index (κ3) is 2.03. The normalized spacial score (nSPS) is 13.0. The molecule has 0 aliphatic carbocycles. The number of aliphatic hydroxyl groups is 2. The van der Waals surface area contributed by atoms with E-state index >= 15 is 0 Å². The van der Waals surface area contributed by atoms with Gasteiger partial charge < -0.3 is 10.2 Å². The molecule has 1 atom stereocenters. The number of hydrogen-bond donors (Lipinski definition) is 2. The second-order valence-corrected chi connectivity index (χ2v) is 3.23. The minimum absolute atomic E-state index is 0.344. The highest BCUT2D eigenvalue weighted by molar-refractivity contribution is 9.10. The summed E-state index contributed by atoms with van der Waals surface area (Å²) in [6.07, 6.45) is -1.01. The second-order valence-electron chi connectivity index (χ2n) is 2.37. The molecule has 66 valence electrons. The first-order valence-electron chi connectivity index (χ1n) is 3.39. The lowest BCUT2D eigenvalue weighted by atomic mass is 10.1. The van der Waals surface area contributed by atoms with Gasteiger partial charge in [0, 0.05) is 0 Å². The fourth-order valence-corrected chi connectivity index (χ4v) is 1.07. The summed E-state index contributed by atoms with van der Waals surface area (Å²) in [6.45, 7) is -0.402. The first kappa shape index (κ1) is 9.64. The molecule has 1 unspecified atom stereocenters. The summed E-state index contributed by atoms with van der Waals surface area (Å²) in [4.78, 5) is 0.